The highest BCUT2D eigenvalue weighted by Crippen LogP contribution is 2.30. The minimum Gasteiger partial charge on any atom is -0.486 e. The first-order chi connectivity index (χ1) is 13.1. The van der Waals surface area contributed by atoms with Crippen LogP contribution in [-0.2, 0) is 6.54 Å². The zero-order valence-corrected chi connectivity index (χ0v) is 15.9. The number of aliphatic imine (C=N–C) groups is 1. The summed E-state index contributed by atoms with van der Waals surface area (Å²) in [5.74, 6) is 2.88. The molecule has 3 rings (SSSR count). The predicted octanol–water partition coefficient (Wildman–Crippen LogP) is 2.37. The van der Waals surface area contributed by atoms with Crippen LogP contribution in [0.5, 0.6) is 17.4 Å². The SMILES string of the molecule is CN=C(NCc1ccc(OC(C)C)nc1)NCC1COc2ccccc2O1. The molecule has 0 bridgehead atoms. The molecule has 0 radical (unpaired) electrons. The molecule has 0 amide bonds. The molecule has 0 saturated carbocycles. The highest BCUT2D eigenvalue weighted by Gasteiger charge is 2.20. The average molecular weight is 370 g/mol. The van der Waals surface area contributed by atoms with Gasteiger partial charge in [-0.1, -0.05) is 18.2 Å². The van der Waals surface area contributed by atoms with Crippen molar-refractivity contribution in [1.82, 2.24) is 15.6 Å². The molecule has 1 aromatic heterocycles. The molecule has 1 aromatic carbocycles. The van der Waals surface area contributed by atoms with E-state index in [4.69, 9.17) is 14.2 Å². The number of pyridine rings is 1. The van der Waals surface area contributed by atoms with E-state index in [2.05, 4.69) is 20.6 Å². The standard InChI is InChI=1S/C20H26N4O3/c1-14(2)26-19-9-8-15(10-22-19)11-23-20(21-3)24-12-16-13-25-17-6-4-5-7-18(17)27-16/h4-10,14,16H,11-13H2,1-3H3,(H2,21,23,24). The topological polar surface area (TPSA) is 77.0 Å². The summed E-state index contributed by atoms with van der Waals surface area (Å²) in [6.45, 7) is 5.66. The maximum Gasteiger partial charge on any atom is 0.213 e. The zero-order chi connectivity index (χ0) is 19.1. The van der Waals surface area contributed by atoms with E-state index in [9.17, 15) is 0 Å². The maximum absolute atomic E-state index is 5.94. The molecule has 0 fully saturated rings. The third-order valence-corrected chi connectivity index (χ3v) is 3.90. The smallest absolute Gasteiger partial charge is 0.213 e. The lowest BCUT2D eigenvalue weighted by Crippen LogP contribution is -2.45. The van der Waals surface area contributed by atoms with Crippen LogP contribution in [0.15, 0.2) is 47.6 Å². The molecule has 0 aliphatic carbocycles. The van der Waals surface area contributed by atoms with Crippen molar-refractivity contribution in [2.45, 2.75) is 32.6 Å². The first-order valence-corrected chi connectivity index (χ1v) is 9.08. The van der Waals surface area contributed by atoms with Gasteiger partial charge >= 0.3 is 0 Å². The summed E-state index contributed by atoms with van der Waals surface area (Å²) in [5, 5.41) is 6.53. The van der Waals surface area contributed by atoms with E-state index in [1.165, 1.54) is 0 Å². The monoisotopic (exact) mass is 370 g/mol. The van der Waals surface area contributed by atoms with Gasteiger partial charge in [0.1, 0.15) is 12.7 Å². The van der Waals surface area contributed by atoms with Gasteiger partial charge in [0.25, 0.3) is 0 Å². The molecule has 1 aliphatic heterocycles. The summed E-state index contributed by atoms with van der Waals surface area (Å²) in [6, 6.07) is 11.5. The Morgan fingerprint density at radius 2 is 2.04 bits per heavy atom. The molecule has 0 saturated heterocycles. The van der Waals surface area contributed by atoms with Crippen LogP contribution in [0, 0.1) is 0 Å². The molecule has 1 aliphatic rings. The van der Waals surface area contributed by atoms with Gasteiger partial charge in [-0.2, -0.15) is 0 Å². The van der Waals surface area contributed by atoms with Crippen molar-refractivity contribution in [1.29, 1.82) is 0 Å². The van der Waals surface area contributed by atoms with Crippen LogP contribution in [0.4, 0.5) is 0 Å². The van der Waals surface area contributed by atoms with Crippen LogP contribution in [0.1, 0.15) is 19.4 Å². The summed E-state index contributed by atoms with van der Waals surface area (Å²) in [4.78, 5) is 8.55. The first-order valence-electron chi connectivity index (χ1n) is 9.08. The van der Waals surface area contributed by atoms with E-state index in [1.54, 1.807) is 13.2 Å². The van der Waals surface area contributed by atoms with Crippen molar-refractivity contribution < 1.29 is 14.2 Å². The average Bonchev–Trinajstić information content (AvgIpc) is 2.68. The van der Waals surface area contributed by atoms with Crippen LogP contribution < -0.4 is 24.8 Å². The van der Waals surface area contributed by atoms with Crippen LogP contribution in [-0.4, -0.2) is 43.4 Å². The first kappa shape index (κ1) is 18.8. The van der Waals surface area contributed by atoms with Crippen LogP contribution >= 0.6 is 0 Å². The molecule has 2 aromatic rings. The van der Waals surface area contributed by atoms with E-state index < -0.39 is 0 Å². The van der Waals surface area contributed by atoms with Gasteiger partial charge in [0, 0.05) is 25.9 Å². The minimum atomic E-state index is -0.0763. The molecule has 7 nitrogen and oxygen atoms in total. The Bertz CT molecular complexity index is 762. The predicted molar refractivity (Wildman–Crippen MR) is 105 cm³/mol. The molecule has 27 heavy (non-hydrogen) atoms. The fourth-order valence-corrected chi connectivity index (χ4v) is 2.61. The third kappa shape index (κ3) is 5.51. The lowest BCUT2D eigenvalue weighted by molar-refractivity contribution is 0.0936. The quantitative estimate of drug-likeness (QED) is 0.601. The van der Waals surface area contributed by atoms with Crippen molar-refractivity contribution in [2.24, 2.45) is 4.99 Å². The van der Waals surface area contributed by atoms with Crippen molar-refractivity contribution in [3.05, 3.63) is 48.2 Å². The van der Waals surface area contributed by atoms with E-state index in [0.29, 0.717) is 31.5 Å². The van der Waals surface area contributed by atoms with E-state index in [-0.39, 0.29) is 12.2 Å². The second-order valence-corrected chi connectivity index (χ2v) is 6.48. The van der Waals surface area contributed by atoms with E-state index in [1.807, 2.05) is 50.2 Å². The van der Waals surface area contributed by atoms with E-state index >= 15 is 0 Å². The number of hydrogen-bond acceptors (Lipinski definition) is 5. The van der Waals surface area contributed by atoms with Gasteiger partial charge in [-0.15, -0.1) is 0 Å². The van der Waals surface area contributed by atoms with Gasteiger partial charge in [-0.05, 0) is 31.5 Å². The fourth-order valence-electron chi connectivity index (χ4n) is 2.61. The summed E-state index contributed by atoms with van der Waals surface area (Å²) in [6.07, 6.45) is 1.84. The van der Waals surface area contributed by atoms with Gasteiger partial charge in [0.2, 0.25) is 5.88 Å². The molecule has 1 unspecified atom stereocenters. The van der Waals surface area contributed by atoms with Gasteiger partial charge in [-0.25, -0.2) is 4.98 Å². The van der Waals surface area contributed by atoms with Crippen molar-refractivity contribution in [3.63, 3.8) is 0 Å². The van der Waals surface area contributed by atoms with Crippen LogP contribution in [0.25, 0.3) is 0 Å². The molecule has 7 heteroatoms. The number of hydrogen-bond donors (Lipinski definition) is 2. The number of para-hydroxylation sites is 2. The maximum atomic E-state index is 5.94. The number of aromatic nitrogens is 1. The van der Waals surface area contributed by atoms with E-state index in [0.717, 1.165) is 17.1 Å². The highest BCUT2D eigenvalue weighted by atomic mass is 16.6. The molecule has 2 N–H and O–H groups in total. The Balaban J connectivity index is 1.45. The largest absolute Gasteiger partial charge is 0.486 e. The lowest BCUT2D eigenvalue weighted by atomic mass is 10.2. The van der Waals surface area contributed by atoms with Crippen molar-refractivity contribution >= 4 is 5.96 Å². The number of fused-ring (bicyclic) bond motifs is 1. The molecule has 2 heterocycles. The fraction of sp³-hybridized carbons (Fsp3) is 0.400. The van der Waals surface area contributed by atoms with Crippen LogP contribution in [0.3, 0.4) is 0 Å². The second-order valence-electron chi connectivity index (χ2n) is 6.48. The molecule has 1 atom stereocenters. The Hall–Kier alpha value is -2.96. The summed E-state index contributed by atoms with van der Waals surface area (Å²) < 4.78 is 17.2. The van der Waals surface area contributed by atoms with Gasteiger partial charge < -0.3 is 24.8 Å². The Morgan fingerprint density at radius 1 is 1.22 bits per heavy atom. The molecule has 0 spiro atoms. The molecular formula is C20H26N4O3. The number of rotatable bonds is 6. The van der Waals surface area contributed by atoms with Crippen molar-refractivity contribution in [3.8, 4) is 17.4 Å². The summed E-state index contributed by atoms with van der Waals surface area (Å²) in [7, 11) is 1.74. The number of benzene rings is 1. The van der Waals surface area contributed by atoms with Crippen LogP contribution in [0.2, 0.25) is 0 Å². The lowest BCUT2D eigenvalue weighted by Gasteiger charge is -2.27. The Kier molecular flexibility index (Phi) is 6.35. The summed E-state index contributed by atoms with van der Waals surface area (Å²) in [5.41, 5.74) is 1.04. The Morgan fingerprint density at radius 3 is 2.74 bits per heavy atom. The molecular weight excluding hydrogens is 344 g/mol. The minimum absolute atomic E-state index is 0.0763. The zero-order valence-electron chi connectivity index (χ0n) is 15.9. The van der Waals surface area contributed by atoms with Gasteiger partial charge in [0.05, 0.1) is 12.6 Å². The number of guanidine groups is 1. The van der Waals surface area contributed by atoms with Gasteiger partial charge in [0.15, 0.2) is 17.5 Å². The number of nitrogens with zero attached hydrogens (tertiary/aromatic N) is 2. The highest BCUT2D eigenvalue weighted by molar-refractivity contribution is 5.79. The van der Waals surface area contributed by atoms with Gasteiger partial charge in [-0.3, -0.25) is 4.99 Å². The third-order valence-electron chi connectivity index (χ3n) is 3.90. The Labute approximate surface area is 159 Å². The molecule has 144 valence electrons. The summed E-state index contributed by atoms with van der Waals surface area (Å²) >= 11 is 0. The number of nitrogens with one attached hydrogen (secondary N) is 2. The van der Waals surface area contributed by atoms with Crippen molar-refractivity contribution in [2.75, 3.05) is 20.2 Å². The normalized spacial score (nSPS) is 16.1. The second kappa shape index (κ2) is 9.12. The number of ether oxygens (including phenoxy) is 3.